The van der Waals surface area contributed by atoms with Crippen molar-refractivity contribution in [3.8, 4) is 5.75 Å². The van der Waals surface area contributed by atoms with E-state index >= 15 is 0 Å². The second kappa shape index (κ2) is 7.46. The highest BCUT2D eigenvalue weighted by molar-refractivity contribution is 7.87. The Bertz CT molecular complexity index is 877. The summed E-state index contributed by atoms with van der Waals surface area (Å²) in [6.07, 6.45) is 1.26. The van der Waals surface area contributed by atoms with Crippen LogP contribution in [0.3, 0.4) is 0 Å². The van der Waals surface area contributed by atoms with Crippen molar-refractivity contribution in [3.05, 3.63) is 58.6 Å². The Balaban J connectivity index is 2.33. The Kier molecular flexibility index (Phi) is 5.58. The molecule has 0 aliphatic carbocycles. The smallest absolute Gasteiger partial charge is 0.339 e. The number of hydrazone groups is 1. The molecule has 2 aromatic rings. The Hall–Kier alpha value is -2.38. The molecule has 6 nitrogen and oxygen atoms in total. The summed E-state index contributed by atoms with van der Waals surface area (Å²) in [7, 11) is -4.00. The maximum atomic E-state index is 12.4. The maximum absolute atomic E-state index is 12.4. The van der Waals surface area contributed by atoms with Crippen LogP contribution in [-0.2, 0) is 14.9 Å². The maximum Gasteiger partial charge on any atom is 0.339 e. The topological polar surface area (TPSA) is 84.8 Å². The molecule has 0 bridgehead atoms. The zero-order valence-corrected chi connectivity index (χ0v) is 14.6. The third-order valence-corrected chi connectivity index (χ3v) is 4.39. The van der Waals surface area contributed by atoms with Crippen LogP contribution in [0.15, 0.2) is 52.5 Å². The number of nitrogens with zero attached hydrogens (tertiary/aromatic N) is 1. The molecular formula is C16H15ClN2O4S. The molecule has 0 aliphatic heterocycles. The van der Waals surface area contributed by atoms with Crippen LogP contribution in [-0.4, -0.2) is 20.5 Å². The summed E-state index contributed by atoms with van der Waals surface area (Å²) in [4.78, 5) is 10.9. The van der Waals surface area contributed by atoms with Crippen LogP contribution in [0.5, 0.6) is 5.75 Å². The fourth-order valence-corrected chi connectivity index (χ4v) is 2.89. The Morgan fingerprint density at radius 1 is 1.21 bits per heavy atom. The van der Waals surface area contributed by atoms with E-state index in [4.69, 9.17) is 15.8 Å². The number of benzene rings is 2. The molecule has 126 valence electrons. The lowest BCUT2D eigenvalue weighted by Crippen LogP contribution is -2.13. The fraction of sp³-hybridized carbons (Fsp3) is 0.125. The lowest BCUT2D eigenvalue weighted by Gasteiger charge is -2.10. The van der Waals surface area contributed by atoms with E-state index in [1.807, 2.05) is 6.92 Å². The van der Waals surface area contributed by atoms with E-state index < -0.39 is 10.1 Å². The number of nitrogens with one attached hydrogen (secondary N) is 1. The third kappa shape index (κ3) is 4.81. The molecule has 0 saturated carbocycles. The highest BCUT2D eigenvalue weighted by atomic mass is 35.5. The number of rotatable bonds is 5. The van der Waals surface area contributed by atoms with Crippen LogP contribution in [0.4, 0.5) is 0 Å². The van der Waals surface area contributed by atoms with Crippen LogP contribution in [0.2, 0.25) is 5.02 Å². The molecule has 2 aromatic carbocycles. The van der Waals surface area contributed by atoms with Gasteiger partial charge in [0.15, 0.2) is 5.75 Å². The second-order valence-corrected chi connectivity index (χ2v) is 6.94. The molecule has 0 unspecified atom stereocenters. The number of carbonyl (C=O) groups is 1. The molecule has 0 heterocycles. The van der Waals surface area contributed by atoms with Gasteiger partial charge in [0, 0.05) is 17.5 Å². The van der Waals surface area contributed by atoms with Crippen molar-refractivity contribution < 1.29 is 17.4 Å². The van der Waals surface area contributed by atoms with Crippen molar-refractivity contribution in [2.75, 3.05) is 0 Å². The van der Waals surface area contributed by atoms with Crippen molar-refractivity contribution in [3.63, 3.8) is 0 Å². The van der Waals surface area contributed by atoms with Crippen LogP contribution in [0, 0.1) is 6.92 Å². The van der Waals surface area contributed by atoms with Gasteiger partial charge in [0.05, 0.1) is 6.21 Å². The van der Waals surface area contributed by atoms with Crippen LogP contribution >= 0.6 is 11.6 Å². The first kappa shape index (κ1) is 18.0. The molecule has 0 radical (unpaired) electrons. The molecule has 0 saturated heterocycles. The number of carbonyl (C=O) groups excluding carboxylic acids is 1. The van der Waals surface area contributed by atoms with E-state index in [1.54, 1.807) is 12.1 Å². The van der Waals surface area contributed by atoms with E-state index in [-0.39, 0.29) is 16.6 Å². The standard InChI is InChI=1S/C16H15ClN2O4S/c1-11-3-6-15(7-4-11)24(21,22)23-16-8-5-14(17)9-13(16)10-18-19-12(2)20/h3-10H,1-2H3,(H,19,20)/b18-10-. The summed E-state index contributed by atoms with van der Waals surface area (Å²) in [5.74, 6) is -0.308. The quantitative estimate of drug-likeness (QED) is 0.501. The lowest BCUT2D eigenvalue weighted by atomic mass is 10.2. The molecule has 1 amide bonds. The van der Waals surface area contributed by atoms with E-state index in [0.29, 0.717) is 10.6 Å². The molecule has 0 atom stereocenters. The number of aryl methyl sites for hydroxylation is 1. The lowest BCUT2D eigenvalue weighted by molar-refractivity contribution is -0.118. The van der Waals surface area contributed by atoms with Gasteiger partial charge in [-0.3, -0.25) is 4.79 Å². The summed E-state index contributed by atoms with van der Waals surface area (Å²) in [6.45, 7) is 3.15. The zero-order valence-electron chi connectivity index (χ0n) is 13.0. The van der Waals surface area contributed by atoms with Crippen molar-refractivity contribution in [1.82, 2.24) is 5.43 Å². The van der Waals surface area contributed by atoms with Crippen molar-refractivity contribution >= 4 is 33.8 Å². The molecule has 0 aliphatic rings. The molecule has 0 fully saturated rings. The largest absolute Gasteiger partial charge is 0.378 e. The van der Waals surface area contributed by atoms with Gasteiger partial charge in [-0.25, -0.2) is 5.43 Å². The van der Waals surface area contributed by atoms with E-state index in [9.17, 15) is 13.2 Å². The summed E-state index contributed by atoms with van der Waals surface area (Å²) >= 11 is 5.91. The fourth-order valence-electron chi connectivity index (χ4n) is 1.76. The van der Waals surface area contributed by atoms with Gasteiger partial charge in [0.25, 0.3) is 0 Å². The van der Waals surface area contributed by atoms with Gasteiger partial charge >= 0.3 is 10.1 Å². The minimum Gasteiger partial charge on any atom is -0.378 e. The molecule has 0 aromatic heterocycles. The van der Waals surface area contributed by atoms with Gasteiger partial charge in [-0.2, -0.15) is 13.5 Å². The first-order valence-electron chi connectivity index (χ1n) is 6.88. The summed E-state index contributed by atoms with van der Waals surface area (Å²) in [5, 5.41) is 4.07. The SMILES string of the molecule is CC(=O)N/N=C\c1cc(Cl)ccc1OS(=O)(=O)c1ccc(C)cc1. The van der Waals surface area contributed by atoms with E-state index in [1.165, 1.54) is 43.5 Å². The van der Waals surface area contributed by atoms with Gasteiger partial charge < -0.3 is 4.18 Å². The normalized spacial score (nSPS) is 11.5. The predicted octanol–water partition coefficient (Wildman–Crippen LogP) is 2.89. The molecule has 24 heavy (non-hydrogen) atoms. The highest BCUT2D eigenvalue weighted by Crippen LogP contribution is 2.25. The summed E-state index contributed by atoms with van der Waals surface area (Å²) in [6, 6.07) is 10.7. The Labute approximate surface area is 145 Å². The highest BCUT2D eigenvalue weighted by Gasteiger charge is 2.18. The molecule has 2 rings (SSSR count). The first-order valence-corrected chi connectivity index (χ1v) is 8.67. The third-order valence-electron chi connectivity index (χ3n) is 2.91. The van der Waals surface area contributed by atoms with Crippen molar-refractivity contribution in [1.29, 1.82) is 0 Å². The van der Waals surface area contributed by atoms with Gasteiger partial charge in [0.1, 0.15) is 4.90 Å². The van der Waals surface area contributed by atoms with Gasteiger partial charge in [-0.1, -0.05) is 29.3 Å². The van der Waals surface area contributed by atoms with Gasteiger partial charge in [0.2, 0.25) is 5.91 Å². The van der Waals surface area contributed by atoms with Gasteiger partial charge in [-0.05, 0) is 37.3 Å². The number of halogens is 1. The summed E-state index contributed by atoms with van der Waals surface area (Å²) < 4.78 is 29.9. The van der Waals surface area contributed by atoms with Crippen LogP contribution in [0.1, 0.15) is 18.1 Å². The minimum absolute atomic E-state index is 0.0350. The number of amides is 1. The van der Waals surface area contributed by atoms with Crippen molar-refractivity contribution in [2.45, 2.75) is 18.7 Å². The summed E-state index contributed by atoms with van der Waals surface area (Å²) in [5.41, 5.74) is 3.47. The monoisotopic (exact) mass is 366 g/mol. The predicted molar refractivity (Wildman–Crippen MR) is 91.9 cm³/mol. The number of hydrogen-bond acceptors (Lipinski definition) is 5. The first-order chi connectivity index (χ1) is 11.3. The minimum atomic E-state index is -4.00. The van der Waals surface area contributed by atoms with Gasteiger partial charge in [-0.15, -0.1) is 0 Å². The molecule has 1 N–H and O–H groups in total. The molecular weight excluding hydrogens is 352 g/mol. The van der Waals surface area contributed by atoms with E-state index in [0.717, 1.165) is 5.56 Å². The van der Waals surface area contributed by atoms with Crippen molar-refractivity contribution in [2.24, 2.45) is 5.10 Å². The average molecular weight is 367 g/mol. The van der Waals surface area contributed by atoms with Crippen LogP contribution in [0.25, 0.3) is 0 Å². The average Bonchev–Trinajstić information content (AvgIpc) is 2.50. The van der Waals surface area contributed by atoms with Crippen LogP contribution < -0.4 is 9.61 Å². The zero-order chi connectivity index (χ0) is 17.7. The van der Waals surface area contributed by atoms with E-state index in [2.05, 4.69) is 10.5 Å². The molecule has 8 heteroatoms. The second-order valence-electron chi connectivity index (χ2n) is 4.96. The molecule has 0 spiro atoms. The Morgan fingerprint density at radius 3 is 2.50 bits per heavy atom. The Morgan fingerprint density at radius 2 is 1.88 bits per heavy atom. The number of hydrogen-bond donors (Lipinski definition) is 1.